The third-order valence-corrected chi connectivity index (χ3v) is 3.32. The number of hydrogen-bond acceptors (Lipinski definition) is 2. The van der Waals surface area contributed by atoms with Gasteiger partial charge in [-0.15, -0.1) is 0 Å². The summed E-state index contributed by atoms with van der Waals surface area (Å²) in [6.45, 7) is 6.42. The lowest BCUT2D eigenvalue weighted by Gasteiger charge is -2.27. The first-order valence-electron chi connectivity index (χ1n) is 5.98. The van der Waals surface area contributed by atoms with Crippen LogP contribution in [-0.4, -0.2) is 8.32 Å². The summed E-state index contributed by atoms with van der Waals surface area (Å²) < 4.78 is 5.56. The van der Waals surface area contributed by atoms with Crippen molar-refractivity contribution in [3.05, 3.63) is 35.4 Å². The van der Waals surface area contributed by atoms with Crippen LogP contribution in [0.5, 0.6) is 0 Å². The molecule has 1 aliphatic rings. The fourth-order valence-corrected chi connectivity index (χ4v) is 2.42. The van der Waals surface area contributed by atoms with Gasteiger partial charge in [0.1, 0.15) is 6.10 Å². The molecule has 0 N–H and O–H groups in total. The van der Waals surface area contributed by atoms with Gasteiger partial charge in [-0.2, -0.15) is 0 Å². The average Bonchev–Trinajstić information content (AvgIpc) is 2.25. The van der Waals surface area contributed by atoms with Gasteiger partial charge in [0, 0.05) is 0 Å². The highest BCUT2D eigenvalue weighted by atomic mass is 28.4. The third-order valence-electron chi connectivity index (χ3n) is 2.73. The molecule has 2 nitrogen and oxygen atoms in total. The van der Waals surface area contributed by atoms with E-state index in [4.69, 9.17) is 9.46 Å². The van der Waals surface area contributed by atoms with Crippen LogP contribution >= 0.6 is 0 Å². The third kappa shape index (κ3) is 2.94. The molecule has 1 unspecified atom stereocenters. The summed E-state index contributed by atoms with van der Waals surface area (Å²) in [5.74, 6) is 0. The van der Waals surface area contributed by atoms with E-state index in [2.05, 4.69) is 43.9 Å². The minimum Gasteiger partial charge on any atom is -0.286 e. The quantitative estimate of drug-likeness (QED) is 0.451. The Balaban J connectivity index is 2.07. The van der Waals surface area contributed by atoms with Gasteiger partial charge < -0.3 is 0 Å². The number of hydrogen-bond donors (Lipinski definition) is 0. The summed E-state index contributed by atoms with van der Waals surface area (Å²) in [5, 5.41) is 0. The van der Waals surface area contributed by atoms with Crippen molar-refractivity contribution in [2.24, 2.45) is 0 Å². The molecule has 16 heavy (non-hydrogen) atoms. The Kier molecular flexibility index (Phi) is 3.47. The van der Waals surface area contributed by atoms with E-state index in [0.717, 1.165) is 6.42 Å². The van der Waals surface area contributed by atoms with Crippen LogP contribution in [0.4, 0.5) is 0 Å². The molecule has 0 amide bonds. The molecule has 0 bridgehead atoms. The summed E-state index contributed by atoms with van der Waals surface area (Å²) in [6, 6.07) is 8.53. The SMILES string of the molecule is C[Si](C)(C)OOC1CCCc2ccccc21. The highest BCUT2D eigenvalue weighted by Gasteiger charge is 2.24. The zero-order valence-electron chi connectivity index (χ0n) is 10.3. The summed E-state index contributed by atoms with van der Waals surface area (Å²) in [7, 11) is -1.58. The molecule has 0 spiro atoms. The Morgan fingerprint density at radius 3 is 2.69 bits per heavy atom. The normalized spacial score (nSPS) is 20.6. The molecule has 0 aromatic heterocycles. The number of benzene rings is 1. The van der Waals surface area contributed by atoms with Crippen molar-refractivity contribution in [1.29, 1.82) is 0 Å². The number of rotatable bonds is 3. The van der Waals surface area contributed by atoms with Crippen molar-refractivity contribution in [3.8, 4) is 0 Å². The lowest BCUT2D eigenvalue weighted by Crippen LogP contribution is -2.27. The van der Waals surface area contributed by atoms with Gasteiger partial charge in [-0.25, -0.2) is 4.89 Å². The van der Waals surface area contributed by atoms with E-state index >= 15 is 0 Å². The van der Waals surface area contributed by atoms with Crippen molar-refractivity contribution in [2.45, 2.75) is 45.0 Å². The Morgan fingerprint density at radius 2 is 1.94 bits per heavy atom. The highest BCUT2D eigenvalue weighted by molar-refractivity contribution is 6.69. The molecule has 1 aromatic carbocycles. The second-order valence-electron chi connectivity index (χ2n) is 5.37. The Hall–Kier alpha value is -0.643. The summed E-state index contributed by atoms with van der Waals surface area (Å²) >= 11 is 0. The van der Waals surface area contributed by atoms with Crippen molar-refractivity contribution in [2.75, 3.05) is 0 Å². The molecular weight excluding hydrogens is 216 g/mol. The summed E-state index contributed by atoms with van der Waals surface area (Å²) in [6.07, 6.45) is 3.57. The van der Waals surface area contributed by atoms with E-state index in [1.807, 2.05) is 0 Å². The maximum atomic E-state index is 5.64. The van der Waals surface area contributed by atoms with Gasteiger partial charge in [0.05, 0.1) is 0 Å². The molecule has 88 valence electrons. The Morgan fingerprint density at radius 1 is 1.19 bits per heavy atom. The minimum absolute atomic E-state index is 0.136. The molecule has 3 heteroatoms. The smallest absolute Gasteiger partial charge is 0.230 e. The number of aryl methyl sites for hydroxylation is 1. The maximum absolute atomic E-state index is 5.64. The van der Waals surface area contributed by atoms with Crippen molar-refractivity contribution < 1.29 is 9.46 Å². The zero-order chi connectivity index (χ0) is 11.6. The van der Waals surface area contributed by atoms with Gasteiger partial charge in [0.15, 0.2) is 0 Å². The van der Waals surface area contributed by atoms with E-state index in [-0.39, 0.29) is 6.10 Å². The maximum Gasteiger partial charge on any atom is 0.230 e. The summed E-state index contributed by atoms with van der Waals surface area (Å²) in [5.41, 5.74) is 2.73. The van der Waals surface area contributed by atoms with Crippen molar-refractivity contribution in [1.82, 2.24) is 0 Å². The molecule has 1 atom stereocenters. The van der Waals surface area contributed by atoms with Crippen LogP contribution in [0.3, 0.4) is 0 Å². The van der Waals surface area contributed by atoms with Gasteiger partial charge in [-0.05, 0) is 50.0 Å². The lowest BCUT2D eigenvalue weighted by atomic mass is 9.90. The van der Waals surface area contributed by atoms with Crippen LogP contribution in [-0.2, 0) is 15.9 Å². The van der Waals surface area contributed by atoms with Crippen LogP contribution in [0, 0.1) is 0 Å². The fraction of sp³-hybridized carbons (Fsp3) is 0.538. The van der Waals surface area contributed by atoms with Crippen LogP contribution in [0.15, 0.2) is 24.3 Å². The molecule has 0 heterocycles. The molecule has 0 radical (unpaired) electrons. The van der Waals surface area contributed by atoms with E-state index in [1.165, 1.54) is 24.0 Å². The van der Waals surface area contributed by atoms with Crippen LogP contribution in [0.25, 0.3) is 0 Å². The van der Waals surface area contributed by atoms with Crippen LogP contribution in [0.1, 0.15) is 30.1 Å². The zero-order valence-corrected chi connectivity index (χ0v) is 11.3. The highest BCUT2D eigenvalue weighted by Crippen LogP contribution is 2.32. The van der Waals surface area contributed by atoms with Crippen molar-refractivity contribution in [3.63, 3.8) is 0 Å². The second kappa shape index (κ2) is 4.70. The Labute approximate surface area is 98.6 Å². The van der Waals surface area contributed by atoms with E-state index in [9.17, 15) is 0 Å². The lowest BCUT2D eigenvalue weighted by molar-refractivity contribution is -0.261. The molecule has 0 saturated carbocycles. The first kappa shape index (κ1) is 11.8. The average molecular weight is 236 g/mol. The first-order valence-corrected chi connectivity index (χ1v) is 9.39. The van der Waals surface area contributed by atoms with E-state index in [0.29, 0.717) is 0 Å². The van der Waals surface area contributed by atoms with Gasteiger partial charge in [0.2, 0.25) is 8.32 Å². The molecule has 0 fully saturated rings. The fourth-order valence-electron chi connectivity index (χ4n) is 2.01. The van der Waals surface area contributed by atoms with Crippen molar-refractivity contribution >= 4 is 8.32 Å². The minimum atomic E-state index is -1.58. The Bertz CT molecular complexity index is 357. The molecular formula is C13H20O2Si. The molecule has 1 aliphatic carbocycles. The predicted octanol–water partition coefficient (Wildman–Crippen LogP) is 3.85. The van der Waals surface area contributed by atoms with Gasteiger partial charge >= 0.3 is 0 Å². The summed E-state index contributed by atoms with van der Waals surface area (Å²) in [4.78, 5) is 5.64. The standard InChI is InChI=1S/C13H20O2Si/c1-16(2,3)15-14-13-10-6-8-11-7-4-5-9-12(11)13/h4-5,7,9,13H,6,8,10H2,1-3H3. The molecule has 1 aromatic rings. The van der Waals surface area contributed by atoms with E-state index in [1.54, 1.807) is 0 Å². The monoisotopic (exact) mass is 236 g/mol. The predicted molar refractivity (Wildman–Crippen MR) is 67.6 cm³/mol. The first-order chi connectivity index (χ1) is 7.56. The molecule has 2 rings (SSSR count). The second-order valence-corrected chi connectivity index (χ2v) is 9.76. The van der Waals surface area contributed by atoms with E-state index < -0.39 is 8.32 Å². The number of fused-ring (bicyclic) bond motifs is 1. The van der Waals surface area contributed by atoms with Gasteiger partial charge in [0.25, 0.3) is 0 Å². The van der Waals surface area contributed by atoms with Gasteiger partial charge in [-0.3, -0.25) is 4.58 Å². The van der Waals surface area contributed by atoms with Gasteiger partial charge in [-0.1, -0.05) is 24.3 Å². The van der Waals surface area contributed by atoms with Crippen LogP contribution in [0.2, 0.25) is 19.6 Å². The van der Waals surface area contributed by atoms with Crippen LogP contribution < -0.4 is 0 Å². The topological polar surface area (TPSA) is 18.5 Å². The molecule has 0 aliphatic heterocycles. The largest absolute Gasteiger partial charge is 0.286 e. The molecule has 0 saturated heterocycles.